The van der Waals surface area contributed by atoms with E-state index in [0.717, 1.165) is 22.1 Å². The van der Waals surface area contributed by atoms with E-state index in [4.69, 9.17) is 5.11 Å². The molecule has 0 aliphatic carbocycles. The van der Waals surface area contributed by atoms with E-state index in [1.165, 1.54) is 0 Å². The molecular weight excluding hydrogens is 296 g/mol. The fourth-order valence-corrected chi connectivity index (χ4v) is 1.98. The maximum atomic E-state index is 12.0. The molecule has 0 heterocycles. The second kappa shape index (κ2) is 7.38. The Morgan fingerprint density at radius 2 is 2.17 bits per heavy atom. The van der Waals surface area contributed by atoms with Crippen LogP contribution < -0.4 is 5.32 Å². The van der Waals surface area contributed by atoms with E-state index in [1.54, 1.807) is 4.90 Å². The quantitative estimate of drug-likeness (QED) is 0.877. The number of aliphatic hydroxyl groups excluding tert-OH is 1. The number of carbonyl (C=O) groups excluding carboxylic acids is 1. The Hall–Kier alpha value is -1.07. The lowest BCUT2D eigenvalue weighted by Gasteiger charge is -2.22. The van der Waals surface area contributed by atoms with Gasteiger partial charge >= 0.3 is 6.03 Å². The lowest BCUT2D eigenvalue weighted by molar-refractivity contribution is 0.188. The van der Waals surface area contributed by atoms with Gasteiger partial charge in [0.2, 0.25) is 0 Å². The highest BCUT2D eigenvalue weighted by Gasteiger charge is 2.13. The Kier molecular flexibility index (Phi) is 6.15. The number of benzene rings is 1. The van der Waals surface area contributed by atoms with E-state index in [-0.39, 0.29) is 12.6 Å². The molecule has 1 aromatic carbocycles. The normalized spacial score (nSPS) is 10.2. The van der Waals surface area contributed by atoms with Crippen LogP contribution in [0.25, 0.3) is 0 Å². The van der Waals surface area contributed by atoms with Crippen LogP contribution in [0.2, 0.25) is 0 Å². The number of aryl methyl sites for hydroxylation is 1. The summed E-state index contributed by atoms with van der Waals surface area (Å²) in [4.78, 5) is 13.6. The van der Waals surface area contributed by atoms with Crippen molar-refractivity contribution in [1.82, 2.24) is 4.90 Å². The molecule has 0 aliphatic rings. The van der Waals surface area contributed by atoms with Crippen LogP contribution in [0.3, 0.4) is 0 Å². The third kappa shape index (κ3) is 4.31. The molecule has 4 nitrogen and oxygen atoms in total. The maximum Gasteiger partial charge on any atom is 0.321 e. The number of nitrogens with zero attached hydrogens (tertiary/aromatic N) is 1. The van der Waals surface area contributed by atoms with Gasteiger partial charge in [-0.1, -0.05) is 13.0 Å². The number of aliphatic hydroxyl groups is 1. The van der Waals surface area contributed by atoms with Crippen molar-refractivity contribution in [1.29, 1.82) is 0 Å². The molecule has 2 amide bonds. The molecule has 0 aromatic heterocycles. The second-order valence-electron chi connectivity index (χ2n) is 4.12. The average Bonchev–Trinajstić information content (AvgIpc) is 2.33. The first-order valence-corrected chi connectivity index (χ1v) is 6.80. The molecule has 1 rings (SSSR count). The summed E-state index contributed by atoms with van der Waals surface area (Å²) >= 11 is 3.40. The summed E-state index contributed by atoms with van der Waals surface area (Å²) in [7, 11) is 0. The predicted molar refractivity (Wildman–Crippen MR) is 76.8 cm³/mol. The summed E-state index contributed by atoms with van der Waals surface area (Å²) in [6.45, 7) is 4.93. The van der Waals surface area contributed by atoms with E-state index in [2.05, 4.69) is 21.2 Å². The van der Waals surface area contributed by atoms with Gasteiger partial charge in [0.15, 0.2) is 0 Å². The number of hydrogen-bond donors (Lipinski definition) is 2. The van der Waals surface area contributed by atoms with E-state index in [0.29, 0.717) is 13.1 Å². The van der Waals surface area contributed by atoms with Crippen LogP contribution in [-0.2, 0) is 0 Å². The van der Waals surface area contributed by atoms with Crippen LogP contribution in [0.5, 0.6) is 0 Å². The molecule has 18 heavy (non-hydrogen) atoms. The molecule has 0 radical (unpaired) electrons. The van der Waals surface area contributed by atoms with Gasteiger partial charge in [0.1, 0.15) is 0 Å². The highest BCUT2D eigenvalue weighted by molar-refractivity contribution is 9.10. The van der Waals surface area contributed by atoms with Crippen molar-refractivity contribution in [3.8, 4) is 0 Å². The number of nitrogens with one attached hydrogen (secondary N) is 1. The second-order valence-corrected chi connectivity index (χ2v) is 4.98. The minimum absolute atomic E-state index is 0.0254. The summed E-state index contributed by atoms with van der Waals surface area (Å²) in [6, 6.07) is 5.60. The van der Waals surface area contributed by atoms with E-state index in [9.17, 15) is 4.79 Å². The lowest BCUT2D eigenvalue weighted by atomic mass is 10.2. The summed E-state index contributed by atoms with van der Waals surface area (Å²) in [5.74, 6) is 0. The summed E-state index contributed by atoms with van der Waals surface area (Å²) in [5.41, 5.74) is 1.83. The number of carbonyl (C=O) groups is 1. The zero-order valence-electron chi connectivity index (χ0n) is 10.7. The molecule has 0 spiro atoms. The molecule has 0 bridgehead atoms. The van der Waals surface area contributed by atoms with Gasteiger partial charge in [-0.15, -0.1) is 0 Å². The van der Waals surface area contributed by atoms with Crippen LogP contribution >= 0.6 is 15.9 Å². The summed E-state index contributed by atoms with van der Waals surface area (Å²) in [5, 5.41) is 11.8. The van der Waals surface area contributed by atoms with Crippen LogP contribution in [0.1, 0.15) is 18.9 Å². The molecule has 0 saturated carbocycles. The number of anilines is 1. The van der Waals surface area contributed by atoms with E-state index < -0.39 is 0 Å². The van der Waals surface area contributed by atoms with Gasteiger partial charge in [-0.3, -0.25) is 0 Å². The van der Waals surface area contributed by atoms with Crippen molar-refractivity contribution >= 4 is 27.6 Å². The van der Waals surface area contributed by atoms with Crippen molar-refractivity contribution in [3.63, 3.8) is 0 Å². The van der Waals surface area contributed by atoms with E-state index in [1.807, 2.05) is 32.0 Å². The molecule has 0 aliphatic heterocycles. The molecule has 1 aromatic rings. The van der Waals surface area contributed by atoms with Crippen molar-refractivity contribution in [3.05, 3.63) is 28.2 Å². The highest BCUT2D eigenvalue weighted by Crippen LogP contribution is 2.23. The number of rotatable bonds is 5. The Labute approximate surface area is 116 Å². The van der Waals surface area contributed by atoms with Gasteiger partial charge in [0.25, 0.3) is 0 Å². The monoisotopic (exact) mass is 314 g/mol. The first kappa shape index (κ1) is 15.0. The van der Waals surface area contributed by atoms with Gasteiger partial charge in [0.05, 0.1) is 12.3 Å². The summed E-state index contributed by atoms with van der Waals surface area (Å²) in [6.07, 6.45) is 0.863. The van der Waals surface area contributed by atoms with Gasteiger partial charge in [-0.2, -0.15) is 0 Å². The van der Waals surface area contributed by atoms with Crippen molar-refractivity contribution in [2.24, 2.45) is 0 Å². The molecule has 0 atom stereocenters. The molecule has 0 fully saturated rings. The fraction of sp³-hybridized carbons (Fsp3) is 0.462. The largest absolute Gasteiger partial charge is 0.395 e. The third-order valence-electron chi connectivity index (χ3n) is 2.51. The molecule has 0 saturated heterocycles. The van der Waals surface area contributed by atoms with Crippen LogP contribution in [0.4, 0.5) is 10.5 Å². The smallest absolute Gasteiger partial charge is 0.321 e. The van der Waals surface area contributed by atoms with Crippen molar-refractivity contribution in [2.75, 3.05) is 25.0 Å². The zero-order valence-corrected chi connectivity index (χ0v) is 12.3. The highest BCUT2D eigenvalue weighted by atomic mass is 79.9. The number of urea groups is 1. The standard InChI is InChI=1S/C13H19BrN2O2/c1-3-6-16(7-8-17)13(18)15-12-9-10(2)4-5-11(12)14/h4-5,9,17H,3,6-8H2,1-2H3,(H,15,18). The average molecular weight is 315 g/mol. The molecule has 2 N–H and O–H groups in total. The predicted octanol–water partition coefficient (Wildman–Crippen LogP) is 2.99. The number of hydrogen-bond acceptors (Lipinski definition) is 2. The van der Waals surface area contributed by atoms with Crippen LogP contribution in [0, 0.1) is 6.92 Å². The van der Waals surface area contributed by atoms with Crippen molar-refractivity contribution < 1.29 is 9.90 Å². The Morgan fingerprint density at radius 1 is 1.44 bits per heavy atom. The van der Waals surface area contributed by atoms with Gasteiger partial charge < -0.3 is 15.3 Å². The van der Waals surface area contributed by atoms with Crippen LogP contribution in [-0.4, -0.2) is 35.7 Å². The topological polar surface area (TPSA) is 52.6 Å². The molecule has 5 heteroatoms. The first-order valence-electron chi connectivity index (χ1n) is 6.01. The maximum absolute atomic E-state index is 12.0. The lowest BCUT2D eigenvalue weighted by Crippen LogP contribution is -2.37. The van der Waals surface area contributed by atoms with Gasteiger partial charge in [0, 0.05) is 17.6 Å². The van der Waals surface area contributed by atoms with E-state index >= 15 is 0 Å². The van der Waals surface area contributed by atoms with Gasteiger partial charge in [-0.25, -0.2) is 4.79 Å². The minimum Gasteiger partial charge on any atom is -0.395 e. The number of halogens is 1. The molecular formula is C13H19BrN2O2. The van der Waals surface area contributed by atoms with Crippen molar-refractivity contribution in [2.45, 2.75) is 20.3 Å². The molecule has 0 unspecified atom stereocenters. The Bertz CT molecular complexity index is 404. The summed E-state index contributed by atoms with van der Waals surface area (Å²) < 4.78 is 0.849. The Morgan fingerprint density at radius 3 is 2.78 bits per heavy atom. The first-order chi connectivity index (χ1) is 8.58. The fourth-order valence-electron chi connectivity index (χ4n) is 1.63. The Balaban J connectivity index is 2.75. The van der Waals surface area contributed by atoms with Gasteiger partial charge in [-0.05, 0) is 47.0 Å². The minimum atomic E-state index is -0.183. The molecule has 100 valence electrons. The van der Waals surface area contributed by atoms with Crippen LogP contribution in [0.15, 0.2) is 22.7 Å². The number of amides is 2. The SMILES string of the molecule is CCCN(CCO)C(=O)Nc1cc(C)ccc1Br. The zero-order chi connectivity index (χ0) is 13.5. The third-order valence-corrected chi connectivity index (χ3v) is 3.21.